The van der Waals surface area contributed by atoms with Crippen molar-refractivity contribution in [2.75, 3.05) is 13.1 Å². The minimum Gasteiger partial charge on any atom is -0.366 e. The maximum absolute atomic E-state index is 14.6. The van der Waals surface area contributed by atoms with E-state index in [-0.39, 0.29) is 11.5 Å². The van der Waals surface area contributed by atoms with Crippen LogP contribution in [0.1, 0.15) is 46.2 Å². The van der Waals surface area contributed by atoms with Gasteiger partial charge in [-0.1, -0.05) is 36.4 Å². The number of nitrogens with one attached hydrogen (secondary N) is 1. The number of hydrogen-bond donors (Lipinski definition) is 2. The number of rotatable bonds is 3. The predicted molar refractivity (Wildman–Crippen MR) is 110 cm³/mol. The molecule has 1 fully saturated rings. The average molecular weight is 387 g/mol. The second-order valence-electron chi connectivity index (χ2n) is 7.89. The molecule has 1 amide bonds. The highest BCUT2D eigenvalue weighted by Gasteiger charge is 2.22. The molecule has 3 aliphatic rings. The quantitative estimate of drug-likeness (QED) is 0.849. The first-order valence-corrected chi connectivity index (χ1v) is 10.0. The highest BCUT2D eigenvalue weighted by molar-refractivity contribution is 5.93. The lowest BCUT2D eigenvalue weighted by atomic mass is 9.87. The van der Waals surface area contributed by atoms with Crippen LogP contribution in [-0.2, 0) is 0 Å². The lowest BCUT2D eigenvalue weighted by Crippen LogP contribution is -2.29. The molecule has 0 aromatic heterocycles. The summed E-state index contributed by atoms with van der Waals surface area (Å²) in [4.78, 5) is 16.0. The Morgan fingerprint density at radius 3 is 2.69 bits per heavy atom. The molecule has 0 bridgehead atoms. The first-order valence-electron chi connectivity index (χ1n) is 10.0. The fraction of sp³-hybridized carbons (Fsp3) is 0.250. The first-order chi connectivity index (χ1) is 14.1. The van der Waals surface area contributed by atoms with Crippen molar-refractivity contribution in [1.82, 2.24) is 5.32 Å². The van der Waals surface area contributed by atoms with Gasteiger partial charge in [0.15, 0.2) is 0 Å². The number of carbonyl (C=O) groups excluding carboxylic acids is 1. The van der Waals surface area contributed by atoms with Gasteiger partial charge in [-0.05, 0) is 54.6 Å². The molecule has 2 aliphatic heterocycles. The number of fused-ring (bicyclic) bond motifs is 2. The third-order valence-electron chi connectivity index (χ3n) is 6.04. The third-order valence-corrected chi connectivity index (χ3v) is 6.04. The van der Waals surface area contributed by atoms with Crippen LogP contribution in [-0.4, -0.2) is 19.0 Å². The van der Waals surface area contributed by atoms with Gasteiger partial charge in [0.05, 0.1) is 11.1 Å². The van der Waals surface area contributed by atoms with Crippen molar-refractivity contribution < 1.29 is 9.18 Å². The molecule has 1 unspecified atom stereocenters. The third kappa shape index (κ3) is 3.21. The van der Waals surface area contributed by atoms with E-state index in [0.717, 1.165) is 24.4 Å². The summed E-state index contributed by atoms with van der Waals surface area (Å²) in [7, 11) is 0. The summed E-state index contributed by atoms with van der Waals surface area (Å²) in [5.41, 5.74) is 9.50. The molecule has 29 heavy (non-hydrogen) atoms. The molecule has 2 aromatic rings. The topological polar surface area (TPSA) is 67.5 Å². The number of halogens is 1. The second kappa shape index (κ2) is 7.08. The summed E-state index contributed by atoms with van der Waals surface area (Å²) >= 11 is 0. The van der Waals surface area contributed by atoms with E-state index in [9.17, 15) is 9.18 Å². The number of benzene rings is 2. The van der Waals surface area contributed by atoms with Crippen molar-refractivity contribution in [3.63, 3.8) is 0 Å². The van der Waals surface area contributed by atoms with Crippen LogP contribution in [0.2, 0.25) is 0 Å². The van der Waals surface area contributed by atoms with Crippen molar-refractivity contribution in [3.05, 3.63) is 93.4 Å². The number of primary amides is 1. The van der Waals surface area contributed by atoms with Gasteiger partial charge >= 0.3 is 0 Å². The van der Waals surface area contributed by atoms with Crippen molar-refractivity contribution in [3.8, 4) is 0 Å². The van der Waals surface area contributed by atoms with Gasteiger partial charge in [-0.2, -0.15) is 0 Å². The van der Waals surface area contributed by atoms with Gasteiger partial charge in [-0.15, -0.1) is 0 Å². The Bertz CT molecular complexity index is 1170. The maximum atomic E-state index is 14.6. The Morgan fingerprint density at radius 1 is 1.17 bits per heavy atom. The van der Waals surface area contributed by atoms with Crippen LogP contribution in [0.5, 0.6) is 0 Å². The standard InChI is InChI=1S/C24H22FN3O/c25-20-10-18(24(26)29)12-22-23(20)19-8-7-16(11-21(19)28-22)14-3-5-15(6-4-14)17-2-1-9-27-13-17/h3-8,10-12,16-17,27H,1-2,9,13H2,(H2,26,29)/t16?,17-/m1/s1. The van der Waals surface area contributed by atoms with Crippen LogP contribution in [0.25, 0.3) is 5.57 Å². The van der Waals surface area contributed by atoms with Gasteiger partial charge in [0.2, 0.25) is 5.91 Å². The molecule has 2 atom stereocenters. The fourth-order valence-electron chi connectivity index (χ4n) is 4.46. The van der Waals surface area contributed by atoms with Crippen molar-refractivity contribution in [2.24, 2.45) is 10.7 Å². The first kappa shape index (κ1) is 18.0. The van der Waals surface area contributed by atoms with Crippen LogP contribution in [0, 0.1) is 5.82 Å². The molecule has 1 aliphatic carbocycles. The summed E-state index contributed by atoms with van der Waals surface area (Å²) < 4.78 is 14.6. The second-order valence-corrected chi connectivity index (χ2v) is 7.89. The normalized spacial score (nSPS) is 22.5. The maximum Gasteiger partial charge on any atom is 0.248 e. The zero-order valence-corrected chi connectivity index (χ0v) is 16.0. The number of nitrogens with two attached hydrogens (primary N) is 1. The molecular weight excluding hydrogens is 365 g/mol. The van der Waals surface area contributed by atoms with Crippen LogP contribution in [0.3, 0.4) is 0 Å². The summed E-state index contributed by atoms with van der Waals surface area (Å²) in [6.07, 6.45) is 8.51. The molecule has 3 N–H and O–H groups in total. The predicted octanol–water partition coefficient (Wildman–Crippen LogP) is 2.41. The highest BCUT2D eigenvalue weighted by Crippen LogP contribution is 2.32. The molecular formula is C24H22FN3O. The largest absolute Gasteiger partial charge is 0.366 e. The van der Waals surface area contributed by atoms with Crippen LogP contribution < -0.4 is 21.6 Å². The highest BCUT2D eigenvalue weighted by atomic mass is 19.1. The fourth-order valence-corrected chi connectivity index (χ4v) is 4.46. The van der Waals surface area contributed by atoms with Crippen LogP contribution in [0.4, 0.5) is 4.39 Å². The van der Waals surface area contributed by atoms with Gasteiger partial charge < -0.3 is 11.1 Å². The zero-order valence-electron chi connectivity index (χ0n) is 16.0. The monoisotopic (exact) mass is 387 g/mol. The average Bonchev–Trinajstić information content (AvgIpc) is 3.12. The van der Waals surface area contributed by atoms with E-state index in [1.165, 1.54) is 30.0 Å². The van der Waals surface area contributed by atoms with E-state index in [1.807, 2.05) is 6.08 Å². The lowest BCUT2D eigenvalue weighted by molar-refractivity contribution is 0.0999. The van der Waals surface area contributed by atoms with Crippen molar-refractivity contribution in [2.45, 2.75) is 24.7 Å². The SMILES string of the molecule is NC(=O)c1cc(F)c2c(c1)=NC1=CC(c3ccc([C@@H]4CCCNC4)cc3)C=CC=21. The summed E-state index contributed by atoms with van der Waals surface area (Å²) in [5.74, 6) is -0.451. The Morgan fingerprint density at radius 2 is 1.97 bits per heavy atom. The van der Waals surface area contributed by atoms with Crippen LogP contribution >= 0.6 is 0 Å². The summed E-state index contributed by atoms with van der Waals surface area (Å²) in [6, 6.07) is 11.5. The lowest BCUT2D eigenvalue weighted by Gasteiger charge is -2.23. The van der Waals surface area contributed by atoms with Gasteiger partial charge in [0, 0.05) is 28.8 Å². The number of allylic oxidation sites excluding steroid dienone is 3. The molecule has 5 heteroatoms. The van der Waals surface area contributed by atoms with Gasteiger partial charge in [0.25, 0.3) is 0 Å². The smallest absolute Gasteiger partial charge is 0.248 e. The van der Waals surface area contributed by atoms with E-state index in [1.54, 1.807) is 6.07 Å². The van der Waals surface area contributed by atoms with Crippen LogP contribution in [0.15, 0.2) is 65.3 Å². The summed E-state index contributed by atoms with van der Waals surface area (Å²) in [6.45, 7) is 2.16. The molecule has 0 spiro atoms. The molecule has 146 valence electrons. The Kier molecular flexibility index (Phi) is 4.40. The molecule has 2 aromatic carbocycles. The van der Waals surface area contributed by atoms with Gasteiger partial charge in [-0.3, -0.25) is 4.79 Å². The molecule has 0 radical (unpaired) electrons. The number of piperidine rings is 1. The molecule has 5 rings (SSSR count). The van der Waals surface area contributed by atoms with Gasteiger partial charge in [0.1, 0.15) is 5.82 Å². The Labute approximate surface area is 168 Å². The molecule has 1 saturated heterocycles. The Balaban J connectivity index is 1.46. The zero-order chi connectivity index (χ0) is 20.0. The van der Waals surface area contributed by atoms with E-state index in [0.29, 0.717) is 16.5 Å². The number of hydrogen-bond acceptors (Lipinski definition) is 3. The minimum absolute atomic E-state index is 0.0871. The van der Waals surface area contributed by atoms with E-state index < -0.39 is 11.7 Å². The summed E-state index contributed by atoms with van der Waals surface area (Å²) in [5, 5.41) is 4.37. The minimum atomic E-state index is -0.655. The van der Waals surface area contributed by atoms with E-state index in [2.05, 4.69) is 46.7 Å². The molecule has 2 heterocycles. The van der Waals surface area contributed by atoms with E-state index >= 15 is 0 Å². The van der Waals surface area contributed by atoms with Gasteiger partial charge in [-0.25, -0.2) is 9.38 Å². The molecule has 4 nitrogen and oxygen atoms in total. The van der Waals surface area contributed by atoms with Crippen molar-refractivity contribution in [1.29, 1.82) is 0 Å². The van der Waals surface area contributed by atoms with Crippen molar-refractivity contribution >= 4 is 11.5 Å². The Hall–Kier alpha value is -3.05. The van der Waals surface area contributed by atoms with E-state index in [4.69, 9.17) is 5.73 Å². The molecule has 0 saturated carbocycles. The number of carbonyl (C=O) groups is 1. The number of amides is 1. The number of nitrogens with zero attached hydrogens (tertiary/aromatic N) is 1.